The SMILES string of the molecule is O=S(O)CCN1CCCCC1. The zero-order chi connectivity index (χ0) is 8.10. The molecule has 1 heterocycles. The topological polar surface area (TPSA) is 40.5 Å². The van der Waals surface area contributed by atoms with Crippen molar-refractivity contribution in [1.82, 2.24) is 4.90 Å². The third kappa shape index (κ3) is 3.84. The summed E-state index contributed by atoms with van der Waals surface area (Å²) in [4.78, 5) is 2.26. The fourth-order valence-corrected chi connectivity index (χ4v) is 1.80. The Kier molecular flexibility index (Phi) is 4.04. The van der Waals surface area contributed by atoms with Gasteiger partial charge < -0.3 is 9.45 Å². The number of hydrogen-bond acceptors (Lipinski definition) is 2. The molecular formula is C7H15NO2S. The third-order valence-corrected chi connectivity index (χ3v) is 2.56. The number of nitrogens with zero attached hydrogens (tertiary/aromatic N) is 1. The fourth-order valence-electron chi connectivity index (χ4n) is 1.39. The van der Waals surface area contributed by atoms with E-state index in [-0.39, 0.29) is 0 Å². The molecule has 1 N–H and O–H groups in total. The zero-order valence-corrected chi connectivity index (χ0v) is 7.48. The van der Waals surface area contributed by atoms with Gasteiger partial charge in [-0.2, -0.15) is 0 Å². The Morgan fingerprint density at radius 1 is 1.27 bits per heavy atom. The minimum atomic E-state index is -1.61. The van der Waals surface area contributed by atoms with Crippen LogP contribution in [0.5, 0.6) is 0 Å². The summed E-state index contributed by atoms with van der Waals surface area (Å²) in [6, 6.07) is 0. The van der Waals surface area contributed by atoms with E-state index in [2.05, 4.69) is 4.90 Å². The first-order valence-corrected chi connectivity index (χ1v) is 5.36. The molecule has 4 heteroatoms. The molecule has 0 spiro atoms. The van der Waals surface area contributed by atoms with Gasteiger partial charge in [-0.25, -0.2) is 4.21 Å². The average molecular weight is 177 g/mol. The van der Waals surface area contributed by atoms with Gasteiger partial charge in [-0.1, -0.05) is 6.42 Å². The first-order chi connectivity index (χ1) is 5.29. The largest absolute Gasteiger partial charge is 0.306 e. The molecule has 1 aliphatic rings. The van der Waals surface area contributed by atoms with E-state index in [1.807, 2.05) is 0 Å². The van der Waals surface area contributed by atoms with Crippen molar-refractivity contribution in [3.8, 4) is 0 Å². The van der Waals surface area contributed by atoms with Crippen molar-refractivity contribution < 1.29 is 8.76 Å². The van der Waals surface area contributed by atoms with Gasteiger partial charge in [0.1, 0.15) is 0 Å². The van der Waals surface area contributed by atoms with Crippen molar-refractivity contribution in [2.24, 2.45) is 0 Å². The van der Waals surface area contributed by atoms with Crippen molar-refractivity contribution >= 4 is 11.1 Å². The molecular weight excluding hydrogens is 162 g/mol. The highest BCUT2D eigenvalue weighted by molar-refractivity contribution is 7.79. The maximum atomic E-state index is 10.3. The Labute approximate surface area is 70.1 Å². The van der Waals surface area contributed by atoms with E-state index in [0.717, 1.165) is 19.6 Å². The minimum Gasteiger partial charge on any atom is -0.306 e. The molecule has 3 nitrogen and oxygen atoms in total. The van der Waals surface area contributed by atoms with Crippen LogP contribution in [-0.4, -0.2) is 39.0 Å². The standard InChI is InChI=1S/C7H15NO2S/c9-11(10)7-6-8-4-2-1-3-5-8/h1-7H2,(H,9,10). The zero-order valence-electron chi connectivity index (χ0n) is 6.66. The molecule has 1 aliphatic heterocycles. The van der Waals surface area contributed by atoms with Crippen molar-refractivity contribution in [2.45, 2.75) is 19.3 Å². The summed E-state index contributed by atoms with van der Waals surface area (Å²) >= 11 is -1.61. The monoisotopic (exact) mass is 177 g/mol. The Morgan fingerprint density at radius 3 is 2.45 bits per heavy atom. The van der Waals surface area contributed by atoms with Crippen LogP contribution < -0.4 is 0 Å². The van der Waals surface area contributed by atoms with E-state index in [1.165, 1.54) is 19.3 Å². The van der Waals surface area contributed by atoms with Crippen LogP contribution in [0.25, 0.3) is 0 Å². The summed E-state index contributed by atoms with van der Waals surface area (Å²) in [5.74, 6) is 0.403. The summed E-state index contributed by atoms with van der Waals surface area (Å²) in [5, 5.41) is 0. The van der Waals surface area contributed by atoms with Gasteiger partial charge in [0.2, 0.25) is 0 Å². The van der Waals surface area contributed by atoms with Crippen molar-refractivity contribution in [1.29, 1.82) is 0 Å². The molecule has 0 saturated carbocycles. The lowest BCUT2D eigenvalue weighted by molar-refractivity contribution is 0.241. The van der Waals surface area contributed by atoms with Gasteiger partial charge >= 0.3 is 0 Å². The fraction of sp³-hybridized carbons (Fsp3) is 1.00. The molecule has 1 atom stereocenters. The summed E-state index contributed by atoms with van der Waals surface area (Å²) in [6.45, 7) is 3.00. The highest BCUT2D eigenvalue weighted by Gasteiger charge is 2.09. The first-order valence-electron chi connectivity index (χ1n) is 4.09. The van der Waals surface area contributed by atoms with Crippen LogP contribution in [0.1, 0.15) is 19.3 Å². The molecule has 0 aromatic heterocycles. The smallest absolute Gasteiger partial charge is 0.154 e. The van der Waals surface area contributed by atoms with E-state index < -0.39 is 11.1 Å². The van der Waals surface area contributed by atoms with E-state index >= 15 is 0 Å². The van der Waals surface area contributed by atoms with Crippen LogP contribution in [0.3, 0.4) is 0 Å². The Balaban J connectivity index is 2.09. The second kappa shape index (κ2) is 4.85. The quantitative estimate of drug-likeness (QED) is 0.645. The van der Waals surface area contributed by atoms with Crippen molar-refractivity contribution in [2.75, 3.05) is 25.4 Å². The van der Waals surface area contributed by atoms with Gasteiger partial charge in [0.25, 0.3) is 0 Å². The molecule has 1 unspecified atom stereocenters. The summed E-state index contributed by atoms with van der Waals surface area (Å²) in [7, 11) is 0. The summed E-state index contributed by atoms with van der Waals surface area (Å²) in [5.41, 5.74) is 0. The molecule has 1 saturated heterocycles. The molecule has 0 bridgehead atoms. The maximum absolute atomic E-state index is 10.3. The van der Waals surface area contributed by atoms with E-state index in [9.17, 15) is 4.21 Å². The lowest BCUT2D eigenvalue weighted by atomic mass is 10.1. The normalized spacial score (nSPS) is 23.4. The number of piperidine rings is 1. The Hall–Kier alpha value is 0.0700. The molecule has 1 fully saturated rings. The van der Waals surface area contributed by atoms with Crippen LogP contribution in [0.4, 0.5) is 0 Å². The number of hydrogen-bond donors (Lipinski definition) is 1. The summed E-state index contributed by atoms with van der Waals surface area (Å²) in [6.07, 6.45) is 3.81. The second-order valence-electron chi connectivity index (χ2n) is 2.93. The van der Waals surface area contributed by atoms with Gasteiger partial charge in [0, 0.05) is 6.54 Å². The molecule has 0 aliphatic carbocycles. The van der Waals surface area contributed by atoms with Crippen LogP contribution in [0.2, 0.25) is 0 Å². The summed E-state index contributed by atoms with van der Waals surface area (Å²) < 4.78 is 18.9. The van der Waals surface area contributed by atoms with Crippen molar-refractivity contribution in [3.63, 3.8) is 0 Å². The Bertz CT molecular complexity index is 134. The maximum Gasteiger partial charge on any atom is 0.154 e. The molecule has 66 valence electrons. The van der Waals surface area contributed by atoms with Gasteiger partial charge in [0.15, 0.2) is 11.1 Å². The van der Waals surface area contributed by atoms with Crippen LogP contribution in [0.15, 0.2) is 0 Å². The average Bonchev–Trinajstić information content (AvgIpc) is 2.03. The highest BCUT2D eigenvalue weighted by atomic mass is 32.2. The van der Waals surface area contributed by atoms with E-state index in [0.29, 0.717) is 5.75 Å². The van der Waals surface area contributed by atoms with Crippen LogP contribution in [0, 0.1) is 0 Å². The molecule has 11 heavy (non-hydrogen) atoms. The van der Waals surface area contributed by atoms with Crippen LogP contribution >= 0.6 is 0 Å². The van der Waals surface area contributed by atoms with Gasteiger partial charge in [-0.15, -0.1) is 0 Å². The Morgan fingerprint density at radius 2 is 1.91 bits per heavy atom. The van der Waals surface area contributed by atoms with E-state index in [4.69, 9.17) is 4.55 Å². The highest BCUT2D eigenvalue weighted by Crippen LogP contribution is 2.07. The minimum absolute atomic E-state index is 0.403. The molecule has 0 aromatic carbocycles. The lowest BCUT2D eigenvalue weighted by Crippen LogP contribution is -2.32. The second-order valence-corrected chi connectivity index (χ2v) is 3.98. The van der Waals surface area contributed by atoms with Gasteiger partial charge in [0.05, 0.1) is 5.75 Å². The van der Waals surface area contributed by atoms with E-state index in [1.54, 1.807) is 0 Å². The van der Waals surface area contributed by atoms with Gasteiger partial charge in [-0.3, -0.25) is 0 Å². The molecule has 0 aromatic rings. The predicted octanol–water partition coefficient (Wildman–Crippen LogP) is 0.694. The predicted molar refractivity (Wildman–Crippen MR) is 45.9 cm³/mol. The van der Waals surface area contributed by atoms with Crippen LogP contribution in [-0.2, 0) is 11.1 Å². The van der Waals surface area contributed by atoms with Gasteiger partial charge in [-0.05, 0) is 25.9 Å². The lowest BCUT2D eigenvalue weighted by Gasteiger charge is -2.25. The molecule has 1 rings (SSSR count). The molecule has 0 radical (unpaired) electrons. The number of rotatable bonds is 3. The van der Waals surface area contributed by atoms with Crippen molar-refractivity contribution in [3.05, 3.63) is 0 Å². The first kappa shape index (κ1) is 9.16. The molecule has 0 amide bonds. The number of likely N-dealkylation sites (tertiary alicyclic amines) is 1. The third-order valence-electron chi connectivity index (χ3n) is 2.03.